The molecule has 0 aliphatic heterocycles. The number of anilines is 1. The Morgan fingerprint density at radius 1 is 1.53 bits per heavy atom. The summed E-state index contributed by atoms with van der Waals surface area (Å²) < 4.78 is 18.0. The fourth-order valence-corrected chi connectivity index (χ4v) is 2.30. The number of nitrogens with zero attached hydrogens (tertiary/aromatic N) is 1. The first-order valence-electron chi connectivity index (χ1n) is 5.64. The third-order valence-electron chi connectivity index (χ3n) is 2.64. The van der Waals surface area contributed by atoms with Gasteiger partial charge in [0.2, 0.25) is 0 Å². The molecule has 0 saturated carbocycles. The molecule has 1 heterocycles. The van der Waals surface area contributed by atoms with Gasteiger partial charge < -0.3 is 10.1 Å². The summed E-state index contributed by atoms with van der Waals surface area (Å²) in [5, 5.41) is 3.10. The van der Waals surface area contributed by atoms with Gasteiger partial charge in [0.05, 0.1) is 29.9 Å². The number of carbonyl (C=O) groups is 1. The van der Waals surface area contributed by atoms with Crippen LogP contribution in [0.2, 0.25) is 0 Å². The van der Waals surface area contributed by atoms with Crippen LogP contribution in [0.5, 0.6) is 0 Å². The van der Waals surface area contributed by atoms with Crippen LogP contribution in [-0.4, -0.2) is 18.1 Å². The zero-order valence-corrected chi connectivity index (χ0v) is 11.3. The minimum Gasteiger partial charge on any atom is -0.465 e. The molecule has 1 N–H and O–H groups in total. The number of rotatable bonds is 4. The van der Waals surface area contributed by atoms with Crippen LogP contribution < -0.4 is 5.32 Å². The van der Waals surface area contributed by atoms with Gasteiger partial charge >= 0.3 is 5.97 Å². The third kappa shape index (κ3) is 3.08. The van der Waals surface area contributed by atoms with Crippen molar-refractivity contribution in [2.24, 2.45) is 0 Å². The predicted molar refractivity (Wildman–Crippen MR) is 71.9 cm³/mol. The first-order valence-corrected chi connectivity index (χ1v) is 6.52. The average molecular weight is 280 g/mol. The minimum atomic E-state index is -0.501. The maximum atomic E-state index is 13.3. The van der Waals surface area contributed by atoms with Gasteiger partial charge in [0.25, 0.3) is 0 Å². The lowest BCUT2D eigenvalue weighted by atomic mass is 10.1. The maximum Gasteiger partial charge on any atom is 0.339 e. The number of thiazole rings is 1. The highest BCUT2D eigenvalue weighted by Crippen LogP contribution is 2.25. The lowest BCUT2D eigenvalue weighted by molar-refractivity contribution is 0.0601. The summed E-state index contributed by atoms with van der Waals surface area (Å²) in [6.07, 6.45) is 1.74. The van der Waals surface area contributed by atoms with Crippen molar-refractivity contribution in [1.82, 2.24) is 4.98 Å². The molecule has 0 amide bonds. The summed E-state index contributed by atoms with van der Waals surface area (Å²) in [5.74, 6) is -0.911. The number of hydrogen-bond donors (Lipinski definition) is 1. The Morgan fingerprint density at radius 2 is 2.32 bits per heavy atom. The first kappa shape index (κ1) is 13.5. The van der Waals surface area contributed by atoms with Crippen LogP contribution in [0.4, 0.5) is 10.1 Å². The standard InChI is InChI=1S/C13H13FN2O2S/c1-8(12-6-15-7-19-12)16-11-5-9(14)3-4-10(11)13(17)18-2/h3-8,16H,1-2H3. The topological polar surface area (TPSA) is 51.2 Å². The lowest BCUT2D eigenvalue weighted by Crippen LogP contribution is -2.11. The second-order valence-electron chi connectivity index (χ2n) is 3.95. The number of aromatic nitrogens is 1. The van der Waals surface area contributed by atoms with E-state index in [1.54, 1.807) is 11.7 Å². The molecule has 4 nitrogen and oxygen atoms in total. The molecule has 1 aromatic heterocycles. The van der Waals surface area contributed by atoms with Crippen molar-refractivity contribution in [2.45, 2.75) is 13.0 Å². The summed E-state index contributed by atoms with van der Waals surface area (Å²) in [6, 6.07) is 3.85. The van der Waals surface area contributed by atoms with E-state index in [1.165, 1.54) is 36.6 Å². The molecule has 0 radical (unpaired) electrons. The van der Waals surface area contributed by atoms with Crippen molar-refractivity contribution >= 4 is 23.0 Å². The van der Waals surface area contributed by atoms with Crippen LogP contribution in [-0.2, 0) is 4.74 Å². The summed E-state index contributed by atoms with van der Waals surface area (Å²) >= 11 is 1.49. The fourth-order valence-electron chi connectivity index (χ4n) is 1.67. The van der Waals surface area contributed by atoms with E-state index in [2.05, 4.69) is 15.0 Å². The molecule has 0 bridgehead atoms. The molecule has 1 atom stereocenters. The summed E-state index contributed by atoms with van der Waals surface area (Å²) in [6.45, 7) is 1.92. The molecular formula is C13H13FN2O2S. The van der Waals surface area contributed by atoms with Gasteiger partial charge in [0.15, 0.2) is 0 Å². The molecule has 0 aliphatic rings. The summed E-state index contributed by atoms with van der Waals surface area (Å²) in [5.41, 5.74) is 2.44. The van der Waals surface area contributed by atoms with Crippen LogP contribution in [0.3, 0.4) is 0 Å². The van der Waals surface area contributed by atoms with E-state index in [9.17, 15) is 9.18 Å². The van der Waals surface area contributed by atoms with Gasteiger partial charge in [0.1, 0.15) is 5.82 Å². The molecule has 6 heteroatoms. The predicted octanol–water partition coefficient (Wildman–Crippen LogP) is 3.24. The molecule has 1 unspecified atom stereocenters. The van der Waals surface area contributed by atoms with E-state index in [1.807, 2.05) is 6.92 Å². The molecular weight excluding hydrogens is 267 g/mol. The molecule has 100 valence electrons. The number of halogens is 1. The Kier molecular flexibility index (Phi) is 4.11. The Morgan fingerprint density at radius 3 is 2.95 bits per heavy atom. The number of carbonyl (C=O) groups excluding carboxylic acids is 1. The van der Waals surface area contributed by atoms with E-state index in [0.717, 1.165) is 4.88 Å². The monoisotopic (exact) mass is 280 g/mol. The Bertz CT molecular complexity index is 572. The molecule has 0 fully saturated rings. The largest absolute Gasteiger partial charge is 0.465 e. The van der Waals surface area contributed by atoms with E-state index in [0.29, 0.717) is 11.3 Å². The van der Waals surface area contributed by atoms with Crippen LogP contribution >= 0.6 is 11.3 Å². The third-order valence-corrected chi connectivity index (χ3v) is 3.60. The van der Waals surface area contributed by atoms with Crippen LogP contribution in [0.15, 0.2) is 29.9 Å². The van der Waals surface area contributed by atoms with Crippen molar-refractivity contribution in [3.63, 3.8) is 0 Å². The van der Waals surface area contributed by atoms with Crippen LogP contribution in [0, 0.1) is 5.82 Å². The highest BCUT2D eigenvalue weighted by atomic mass is 32.1. The average Bonchev–Trinajstić information content (AvgIpc) is 2.92. The van der Waals surface area contributed by atoms with Gasteiger partial charge in [-0.3, -0.25) is 4.98 Å². The number of methoxy groups -OCH3 is 1. The molecule has 1 aromatic carbocycles. The van der Waals surface area contributed by atoms with Gasteiger partial charge in [0, 0.05) is 11.1 Å². The molecule has 19 heavy (non-hydrogen) atoms. The minimum absolute atomic E-state index is 0.0716. The van der Waals surface area contributed by atoms with Crippen LogP contribution in [0.25, 0.3) is 0 Å². The van der Waals surface area contributed by atoms with Gasteiger partial charge in [-0.1, -0.05) is 0 Å². The van der Waals surface area contributed by atoms with E-state index >= 15 is 0 Å². The van der Waals surface area contributed by atoms with E-state index in [-0.39, 0.29) is 6.04 Å². The number of esters is 1. The number of hydrogen-bond acceptors (Lipinski definition) is 5. The molecule has 2 aromatic rings. The van der Waals surface area contributed by atoms with Gasteiger partial charge in [-0.15, -0.1) is 11.3 Å². The second-order valence-corrected chi connectivity index (χ2v) is 4.87. The van der Waals surface area contributed by atoms with Crippen molar-refractivity contribution in [2.75, 3.05) is 12.4 Å². The van der Waals surface area contributed by atoms with Crippen molar-refractivity contribution in [3.8, 4) is 0 Å². The quantitative estimate of drug-likeness (QED) is 0.873. The Balaban J connectivity index is 2.28. The molecule has 0 spiro atoms. The van der Waals surface area contributed by atoms with Gasteiger partial charge in [-0.25, -0.2) is 9.18 Å². The van der Waals surface area contributed by atoms with Crippen molar-refractivity contribution in [1.29, 1.82) is 0 Å². The summed E-state index contributed by atoms with van der Waals surface area (Å²) in [7, 11) is 1.29. The zero-order valence-electron chi connectivity index (χ0n) is 10.5. The normalized spacial score (nSPS) is 11.9. The number of benzene rings is 1. The van der Waals surface area contributed by atoms with Crippen molar-refractivity contribution < 1.29 is 13.9 Å². The second kappa shape index (κ2) is 5.79. The zero-order chi connectivity index (χ0) is 13.8. The van der Waals surface area contributed by atoms with E-state index < -0.39 is 11.8 Å². The Labute approximate surface area is 114 Å². The van der Waals surface area contributed by atoms with Gasteiger partial charge in [-0.2, -0.15) is 0 Å². The molecule has 2 rings (SSSR count). The Hall–Kier alpha value is -1.95. The highest BCUT2D eigenvalue weighted by molar-refractivity contribution is 7.09. The SMILES string of the molecule is COC(=O)c1ccc(F)cc1NC(C)c1cncs1. The summed E-state index contributed by atoms with van der Waals surface area (Å²) in [4.78, 5) is 16.6. The van der Waals surface area contributed by atoms with E-state index in [4.69, 9.17) is 0 Å². The lowest BCUT2D eigenvalue weighted by Gasteiger charge is -2.16. The van der Waals surface area contributed by atoms with Gasteiger partial charge in [-0.05, 0) is 25.1 Å². The first-order chi connectivity index (χ1) is 9.11. The maximum absolute atomic E-state index is 13.3. The highest BCUT2D eigenvalue weighted by Gasteiger charge is 2.15. The van der Waals surface area contributed by atoms with Crippen molar-refractivity contribution in [3.05, 3.63) is 46.2 Å². The molecule has 0 saturated heterocycles. The smallest absolute Gasteiger partial charge is 0.339 e. The number of nitrogens with one attached hydrogen (secondary N) is 1. The fraction of sp³-hybridized carbons (Fsp3) is 0.231. The van der Waals surface area contributed by atoms with Crippen LogP contribution in [0.1, 0.15) is 28.2 Å². The molecule has 0 aliphatic carbocycles. The number of ether oxygens (including phenoxy) is 1.